The molecule has 0 saturated heterocycles. The first-order chi connectivity index (χ1) is 9.83. The summed E-state index contributed by atoms with van der Waals surface area (Å²) in [4.78, 5) is 5.89. The van der Waals surface area contributed by atoms with Crippen molar-refractivity contribution in [1.29, 1.82) is 0 Å². The van der Waals surface area contributed by atoms with Crippen LogP contribution in [-0.2, 0) is 10.0 Å². The molecule has 1 N–H and O–H groups in total. The number of halogens is 1. The summed E-state index contributed by atoms with van der Waals surface area (Å²) >= 11 is 5.86. The van der Waals surface area contributed by atoms with Crippen molar-refractivity contribution in [2.45, 2.75) is 37.6 Å². The molecule has 0 saturated carbocycles. The van der Waals surface area contributed by atoms with E-state index in [0.717, 1.165) is 12.8 Å². The lowest BCUT2D eigenvalue weighted by atomic mass is 9.93. The minimum atomic E-state index is -3.64. The molecule has 1 unspecified atom stereocenters. The first-order valence-corrected chi connectivity index (χ1v) is 8.96. The molecule has 0 bridgehead atoms. The molecule has 1 atom stereocenters. The van der Waals surface area contributed by atoms with Gasteiger partial charge in [-0.2, -0.15) is 0 Å². The number of hydrogen-bond acceptors (Lipinski definition) is 4. The van der Waals surface area contributed by atoms with Gasteiger partial charge in [-0.25, -0.2) is 18.1 Å². The van der Waals surface area contributed by atoms with Gasteiger partial charge in [-0.1, -0.05) is 38.3 Å². The molecule has 21 heavy (non-hydrogen) atoms. The van der Waals surface area contributed by atoms with E-state index in [1.54, 1.807) is 6.07 Å². The fourth-order valence-corrected chi connectivity index (χ4v) is 3.95. The highest BCUT2D eigenvalue weighted by Gasteiger charge is 2.24. The van der Waals surface area contributed by atoms with Gasteiger partial charge in [-0.05, 0) is 32.1 Å². The standard InChI is InChI=1S/C14H24ClN3O2S/c1-5-11(6-2)12(18(3)4)10-17-21(19,20)13-8-7-9-16-14(13)15/h7-9,11-12,17H,5-6,10H2,1-4H3. The molecule has 0 amide bonds. The van der Waals surface area contributed by atoms with Gasteiger partial charge in [-0.3, -0.25) is 0 Å². The summed E-state index contributed by atoms with van der Waals surface area (Å²) in [7, 11) is 0.293. The van der Waals surface area contributed by atoms with E-state index in [1.807, 2.05) is 14.1 Å². The molecule has 1 aromatic heterocycles. The Bertz CT molecular complexity index is 545. The minimum absolute atomic E-state index is 0.00561. The van der Waals surface area contributed by atoms with E-state index < -0.39 is 10.0 Å². The fourth-order valence-electron chi connectivity index (χ4n) is 2.45. The number of pyridine rings is 1. The van der Waals surface area contributed by atoms with E-state index in [0.29, 0.717) is 12.5 Å². The minimum Gasteiger partial charge on any atom is -0.305 e. The van der Waals surface area contributed by atoms with Crippen LogP contribution in [0.25, 0.3) is 0 Å². The summed E-state index contributed by atoms with van der Waals surface area (Å²) in [6, 6.07) is 3.16. The fraction of sp³-hybridized carbons (Fsp3) is 0.643. The SMILES string of the molecule is CCC(CC)C(CNS(=O)(=O)c1cccnc1Cl)N(C)C. The summed E-state index contributed by atoms with van der Waals surface area (Å²) < 4.78 is 27.3. The van der Waals surface area contributed by atoms with Gasteiger partial charge in [0.1, 0.15) is 10.0 Å². The number of sulfonamides is 1. The van der Waals surface area contributed by atoms with Crippen LogP contribution in [0.5, 0.6) is 0 Å². The zero-order chi connectivity index (χ0) is 16.0. The van der Waals surface area contributed by atoms with Crippen LogP contribution < -0.4 is 4.72 Å². The van der Waals surface area contributed by atoms with E-state index in [4.69, 9.17) is 11.6 Å². The zero-order valence-corrected chi connectivity index (χ0v) is 14.6. The molecule has 0 aliphatic carbocycles. The normalized spacial score (nSPS) is 13.9. The van der Waals surface area contributed by atoms with Crippen LogP contribution >= 0.6 is 11.6 Å². The number of hydrogen-bond donors (Lipinski definition) is 1. The molecule has 1 aromatic rings. The van der Waals surface area contributed by atoms with Gasteiger partial charge in [0.2, 0.25) is 10.0 Å². The summed E-state index contributed by atoms with van der Waals surface area (Å²) in [6.45, 7) is 4.60. The maximum Gasteiger partial charge on any atom is 0.243 e. The predicted molar refractivity (Wildman–Crippen MR) is 86.0 cm³/mol. The number of rotatable bonds is 8. The predicted octanol–water partition coefficient (Wildman–Crippen LogP) is 2.38. The van der Waals surface area contributed by atoms with Crippen molar-refractivity contribution in [2.24, 2.45) is 5.92 Å². The number of aromatic nitrogens is 1. The Labute approximate surface area is 132 Å². The molecule has 1 heterocycles. The molecule has 1 rings (SSSR count). The van der Waals surface area contributed by atoms with Crippen molar-refractivity contribution in [2.75, 3.05) is 20.6 Å². The lowest BCUT2D eigenvalue weighted by Gasteiger charge is -2.31. The topological polar surface area (TPSA) is 62.3 Å². The highest BCUT2D eigenvalue weighted by atomic mass is 35.5. The maximum absolute atomic E-state index is 12.3. The first-order valence-electron chi connectivity index (χ1n) is 7.10. The summed E-state index contributed by atoms with van der Waals surface area (Å²) in [5.41, 5.74) is 0. The number of nitrogens with one attached hydrogen (secondary N) is 1. The largest absolute Gasteiger partial charge is 0.305 e. The van der Waals surface area contributed by atoms with Gasteiger partial charge < -0.3 is 4.90 Å². The molecule has 0 aliphatic heterocycles. The van der Waals surface area contributed by atoms with E-state index in [1.165, 1.54) is 12.3 Å². The van der Waals surface area contributed by atoms with Crippen LogP contribution in [0, 0.1) is 5.92 Å². The molecule has 5 nitrogen and oxygen atoms in total. The Morgan fingerprint density at radius 1 is 1.33 bits per heavy atom. The third kappa shape index (κ3) is 4.92. The second-order valence-electron chi connectivity index (χ2n) is 5.25. The Kier molecular flexibility index (Phi) is 7.06. The molecule has 0 aliphatic rings. The number of likely N-dealkylation sites (N-methyl/N-ethyl adjacent to an activating group) is 1. The highest BCUT2D eigenvalue weighted by molar-refractivity contribution is 7.89. The average Bonchev–Trinajstić information content (AvgIpc) is 2.43. The molecular formula is C14H24ClN3O2S. The van der Waals surface area contributed by atoms with Gasteiger partial charge in [0.15, 0.2) is 0 Å². The lowest BCUT2D eigenvalue weighted by molar-refractivity contribution is 0.201. The van der Waals surface area contributed by atoms with Crippen LogP contribution in [0.4, 0.5) is 0 Å². The quantitative estimate of drug-likeness (QED) is 0.742. The summed E-state index contributed by atoms with van der Waals surface area (Å²) in [6.07, 6.45) is 3.48. The first kappa shape index (κ1) is 18.4. The second-order valence-corrected chi connectivity index (χ2v) is 7.35. The third-order valence-electron chi connectivity index (χ3n) is 3.75. The van der Waals surface area contributed by atoms with Crippen LogP contribution in [0.3, 0.4) is 0 Å². The number of nitrogens with zero attached hydrogens (tertiary/aromatic N) is 2. The molecule has 7 heteroatoms. The van der Waals surface area contributed by atoms with Crippen LogP contribution in [0.15, 0.2) is 23.2 Å². The second kappa shape index (κ2) is 8.08. The monoisotopic (exact) mass is 333 g/mol. The summed E-state index contributed by atoms with van der Waals surface area (Å²) in [5.74, 6) is 0.437. The van der Waals surface area contributed by atoms with Crippen molar-refractivity contribution in [3.05, 3.63) is 23.5 Å². The van der Waals surface area contributed by atoms with Gasteiger partial charge in [-0.15, -0.1) is 0 Å². The molecule has 0 aromatic carbocycles. The van der Waals surface area contributed by atoms with E-state index in [-0.39, 0.29) is 16.1 Å². The van der Waals surface area contributed by atoms with Gasteiger partial charge >= 0.3 is 0 Å². The van der Waals surface area contributed by atoms with E-state index in [9.17, 15) is 8.42 Å². The molecule has 0 spiro atoms. The van der Waals surface area contributed by atoms with Crippen molar-refractivity contribution >= 4 is 21.6 Å². The smallest absolute Gasteiger partial charge is 0.243 e. The van der Waals surface area contributed by atoms with Crippen molar-refractivity contribution in [3.63, 3.8) is 0 Å². The maximum atomic E-state index is 12.3. The molecule has 0 fully saturated rings. The van der Waals surface area contributed by atoms with Crippen LogP contribution in [0.1, 0.15) is 26.7 Å². The lowest BCUT2D eigenvalue weighted by Crippen LogP contribution is -2.44. The van der Waals surface area contributed by atoms with Crippen molar-refractivity contribution in [3.8, 4) is 0 Å². The van der Waals surface area contributed by atoms with Crippen molar-refractivity contribution < 1.29 is 8.42 Å². The molecule has 0 radical (unpaired) electrons. The van der Waals surface area contributed by atoms with Crippen molar-refractivity contribution in [1.82, 2.24) is 14.6 Å². The van der Waals surface area contributed by atoms with Crippen LogP contribution in [-0.4, -0.2) is 45.0 Å². The Balaban J connectivity index is 2.87. The molecule has 120 valence electrons. The van der Waals surface area contributed by atoms with E-state index in [2.05, 4.69) is 28.5 Å². The van der Waals surface area contributed by atoms with Crippen LogP contribution in [0.2, 0.25) is 5.15 Å². The third-order valence-corrected chi connectivity index (χ3v) is 5.62. The van der Waals surface area contributed by atoms with Gasteiger partial charge in [0, 0.05) is 18.8 Å². The molecular weight excluding hydrogens is 310 g/mol. The summed E-state index contributed by atoms with van der Waals surface area (Å²) in [5, 5.41) is -0.00561. The highest BCUT2D eigenvalue weighted by Crippen LogP contribution is 2.20. The van der Waals surface area contributed by atoms with Gasteiger partial charge in [0.05, 0.1) is 0 Å². The van der Waals surface area contributed by atoms with E-state index >= 15 is 0 Å². The Morgan fingerprint density at radius 3 is 2.43 bits per heavy atom. The zero-order valence-electron chi connectivity index (χ0n) is 13.0. The van der Waals surface area contributed by atoms with Gasteiger partial charge in [0.25, 0.3) is 0 Å². The Morgan fingerprint density at radius 2 is 1.95 bits per heavy atom. The Hall–Kier alpha value is -0.690. The average molecular weight is 334 g/mol.